The molecule has 136 valence electrons. The lowest BCUT2D eigenvalue weighted by Gasteiger charge is -2.14. The Morgan fingerprint density at radius 3 is 1.68 bits per heavy atom. The van der Waals surface area contributed by atoms with E-state index >= 15 is 0 Å². The van der Waals surface area contributed by atoms with Gasteiger partial charge in [-0.15, -0.1) is 0 Å². The third-order valence-corrected chi connectivity index (χ3v) is 5.03. The molecule has 0 aliphatic rings. The molecule has 0 heteroatoms. The van der Waals surface area contributed by atoms with E-state index in [0.717, 1.165) is 12.8 Å². The van der Waals surface area contributed by atoms with Crippen molar-refractivity contribution in [3.05, 3.63) is 143 Å². The zero-order valence-electron chi connectivity index (χ0n) is 16.0. The first-order valence-corrected chi connectivity index (χ1v) is 9.80. The van der Waals surface area contributed by atoms with Crippen molar-refractivity contribution in [2.45, 2.75) is 12.8 Å². The summed E-state index contributed by atoms with van der Waals surface area (Å²) in [5.41, 5.74) is 8.01. The van der Waals surface area contributed by atoms with Gasteiger partial charge in [-0.05, 0) is 46.2 Å². The number of hydrogen-bond acceptors (Lipinski definition) is 0. The largest absolute Gasteiger partial charge is 0.0622 e. The smallest absolute Gasteiger partial charge is 0.00170 e. The zero-order chi connectivity index (χ0) is 19.0. The van der Waals surface area contributed by atoms with Crippen molar-refractivity contribution < 1.29 is 0 Å². The molecule has 0 saturated carbocycles. The van der Waals surface area contributed by atoms with E-state index in [9.17, 15) is 0 Å². The molecule has 0 atom stereocenters. The highest BCUT2D eigenvalue weighted by atomic mass is 14.1. The van der Waals surface area contributed by atoms with E-state index in [1.165, 1.54) is 33.4 Å². The zero-order valence-corrected chi connectivity index (χ0v) is 16.0. The molecule has 0 radical (unpaired) electrons. The maximum Gasteiger partial charge on any atom is -0.00170 e. The van der Waals surface area contributed by atoms with Crippen LogP contribution in [0.5, 0.6) is 0 Å². The second kappa shape index (κ2) is 9.01. The highest BCUT2D eigenvalue weighted by Gasteiger charge is 2.09. The number of benzene rings is 4. The van der Waals surface area contributed by atoms with Gasteiger partial charge in [-0.1, -0.05) is 121 Å². The van der Waals surface area contributed by atoms with Crippen LogP contribution in [0, 0.1) is 0 Å². The van der Waals surface area contributed by atoms with Crippen LogP contribution in [0.25, 0.3) is 12.2 Å². The summed E-state index contributed by atoms with van der Waals surface area (Å²) in [5.74, 6) is 0. The number of rotatable bonds is 6. The van der Waals surface area contributed by atoms with Crippen molar-refractivity contribution in [1.82, 2.24) is 0 Å². The Hall–Kier alpha value is -3.38. The van der Waals surface area contributed by atoms with Crippen LogP contribution in [0.3, 0.4) is 0 Å². The summed E-state index contributed by atoms with van der Waals surface area (Å²) in [5, 5.41) is 0. The van der Waals surface area contributed by atoms with Gasteiger partial charge in [0.1, 0.15) is 0 Å². The normalized spacial score (nSPS) is 11.0. The SMILES string of the molecule is C(=Cc1cccc(Cc2ccccc2)c1Cc1ccccc1)c1ccccc1. The topological polar surface area (TPSA) is 0 Å². The monoisotopic (exact) mass is 360 g/mol. The third-order valence-electron chi connectivity index (χ3n) is 5.03. The second-order valence-corrected chi connectivity index (χ2v) is 7.05. The predicted octanol–water partition coefficient (Wildman–Crippen LogP) is 7.04. The highest BCUT2D eigenvalue weighted by Crippen LogP contribution is 2.24. The van der Waals surface area contributed by atoms with E-state index in [-0.39, 0.29) is 0 Å². The summed E-state index contributed by atoms with van der Waals surface area (Å²) in [6.45, 7) is 0. The molecule has 0 unspecified atom stereocenters. The van der Waals surface area contributed by atoms with Gasteiger partial charge < -0.3 is 0 Å². The molecule has 0 N–H and O–H groups in total. The maximum atomic E-state index is 2.27. The van der Waals surface area contributed by atoms with E-state index in [4.69, 9.17) is 0 Å². The minimum atomic E-state index is 0.943. The lowest BCUT2D eigenvalue weighted by atomic mass is 9.91. The first-order valence-electron chi connectivity index (χ1n) is 9.80. The first-order chi connectivity index (χ1) is 13.9. The Labute approximate surface area is 167 Å². The van der Waals surface area contributed by atoms with Crippen molar-refractivity contribution in [2.24, 2.45) is 0 Å². The lowest BCUT2D eigenvalue weighted by Crippen LogP contribution is -2.00. The fourth-order valence-electron chi connectivity index (χ4n) is 3.56. The molecule has 0 aliphatic carbocycles. The molecule has 4 aromatic carbocycles. The molecule has 0 fully saturated rings. The van der Waals surface area contributed by atoms with Crippen molar-refractivity contribution in [1.29, 1.82) is 0 Å². The Morgan fingerprint density at radius 2 is 1.04 bits per heavy atom. The van der Waals surface area contributed by atoms with Crippen LogP contribution in [0.1, 0.15) is 33.4 Å². The van der Waals surface area contributed by atoms with Gasteiger partial charge in [-0.25, -0.2) is 0 Å². The summed E-state index contributed by atoms with van der Waals surface area (Å²) in [6, 6.07) is 38.6. The van der Waals surface area contributed by atoms with Crippen LogP contribution in [0.15, 0.2) is 109 Å². The molecule has 0 amide bonds. The molecule has 4 rings (SSSR count). The lowest BCUT2D eigenvalue weighted by molar-refractivity contribution is 1.09. The van der Waals surface area contributed by atoms with Crippen LogP contribution in [0.2, 0.25) is 0 Å². The molecule has 0 nitrogen and oxygen atoms in total. The van der Waals surface area contributed by atoms with E-state index in [1.807, 2.05) is 0 Å². The van der Waals surface area contributed by atoms with E-state index in [1.54, 1.807) is 0 Å². The Balaban J connectivity index is 1.72. The molecule has 0 aliphatic heterocycles. The van der Waals surface area contributed by atoms with Gasteiger partial charge in [0.25, 0.3) is 0 Å². The minimum absolute atomic E-state index is 0.943. The summed E-state index contributed by atoms with van der Waals surface area (Å²) in [6.07, 6.45) is 6.35. The van der Waals surface area contributed by atoms with Gasteiger partial charge in [-0.3, -0.25) is 0 Å². The molecule has 0 bridgehead atoms. The van der Waals surface area contributed by atoms with Crippen molar-refractivity contribution in [2.75, 3.05) is 0 Å². The summed E-state index contributed by atoms with van der Waals surface area (Å²) >= 11 is 0. The fraction of sp³-hybridized carbons (Fsp3) is 0.0714. The Bertz CT molecular complexity index is 1030. The average molecular weight is 361 g/mol. The van der Waals surface area contributed by atoms with Gasteiger partial charge in [0.15, 0.2) is 0 Å². The van der Waals surface area contributed by atoms with Crippen LogP contribution >= 0.6 is 0 Å². The summed E-state index contributed by atoms with van der Waals surface area (Å²) in [7, 11) is 0. The molecular formula is C28H24. The quantitative estimate of drug-likeness (QED) is 0.324. The second-order valence-electron chi connectivity index (χ2n) is 7.05. The summed E-state index contributed by atoms with van der Waals surface area (Å²) < 4.78 is 0. The predicted molar refractivity (Wildman–Crippen MR) is 120 cm³/mol. The van der Waals surface area contributed by atoms with Gasteiger partial charge in [0.2, 0.25) is 0 Å². The van der Waals surface area contributed by atoms with Gasteiger partial charge in [0, 0.05) is 0 Å². The van der Waals surface area contributed by atoms with Gasteiger partial charge >= 0.3 is 0 Å². The van der Waals surface area contributed by atoms with E-state index in [0.29, 0.717) is 0 Å². The number of hydrogen-bond donors (Lipinski definition) is 0. The third kappa shape index (κ3) is 4.66. The molecule has 0 aromatic heterocycles. The molecule has 0 saturated heterocycles. The van der Waals surface area contributed by atoms with Crippen molar-refractivity contribution in [3.63, 3.8) is 0 Å². The Kier molecular flexibility index (Phi) is 5.80. The van der Waals surface area contributed by atoms with Crippen LogP contribution in [0.4, 0.5) is 0 Å². The maximum absolute atomic E-state index is 2.27. The minimum Gasteiger partial charge on any atom is -0.0622 e. The van der Waals surface area contributed by atoms with Gasteiger partial charge in [-0.2, -0.15) is 0 Å². The molecule has 28 heavy (non-hydrogen) atoms. The van der Waals surface area contributed by atoms with Crippen LogP contribution in [-0.2, 0) is 12.8 Å². The standard InChI is InChI=1S/C28H24/c1-4-11-23(12-5-1)19-20-26-17-10-18-27(21-24-13-6-2-7-14-24)28(26)22-25-15-8-3-9-16-25/h1-20H,21-22H2. The van der Waals surface area contributed by atoms with Crippen molar-refractivity contribution >= 4 is 12.2 Å². The first kappa shape index (κ1) is 18.0. The van der Waals surface area contributed by atoms with E-state index < -0.39 is 0 Å². The van der Waals surface area contributed by atoms with Crippen LogP contribution in [-0.4, -0.2) is 0 Å². The highest BCUT2D eigenvalue weighted by molar-refractivity contribution is 5.72. The average Bonchev–Trinajstić information content (AvgIpc) is 2.76. The van der Waals surface area contributed by atoms with Gasteiger partial charge in [0.05, 0.1) is 0 Å². The Morgan fingerprint density at radius 1 is 0.464 bits per heavy atom. The fourth-order valence-corrected chi connectivity index (χ4v) is 3.56. The summed E-state index contributed by atoms with van der Waals surface area (Å²) in [4.78, 5) is 0. The van der Waals surface area contributed by atoms with Crippen LogP contribution < -0.4 is 0 Å². The molecular weight excluding hydrogens is 336 g/mol. The molecule has 0 heterocycles. The van der Waals surface area contributed by atoms with E-state index in [2.05, 4.69) is 121 Å². The van der Waals surface area contributed by atoms with Crippen molar-refractivity contribution in [3.8, 4) is 0 Å². The molecule has 0 spiro atoms. The molecule has 4 aromatic rings.